The Morgan fingerprint density at radius 3 is 2.06 bits per heavy atom. The highest BCUT2D eigenvalue weighted by Crippen LogP contribution is 2.39. The largest absolute Gasteiger partial charge is 0.416 e. The van der Waals surface area contributed by atoms with E-state index in [0.717, 1.165) is 11.3 Å². The Morgan fingerprint density at radius 2 is 1.50 bits per heavy atom. The van der Waals surface area contributed by atoms with Crippen LogP contribution in [0.2, 0.25) is 0 Å². The van der Waals surface area contributed by atoms with Gasteiger partial charge in [-0.05, 0) is 29.8 Å². The van der Waals surface area contributed by atoms with Crippen molar-refractivity contribution in [3.05, 3.63) is 59.2 Å². The van der Waals surface area contributed by atoms with E-state index in [4.69, 9.17) is 10.5 Å². The molecule has 0 amide bonds. The zero-order valence-corrected chi connectivity index (χ0v) is 16.9. The average molecular weight is 460 g/mol. The Morgan fingerprint density at radius 1 is 0.906 bits per heavy atom. The lowest BCUT2D eigenvalue weighted by Gasteiger charge is -2.36. The van der Waals surface area contributed by atoms with Crippen molar-refractivity contribution in [3.8, 4) is 0 Å². The summed E-state index contributed by atoms with van der Waals surface area (Å²) in [4.78, 5) is 4.21. The van der Waals surface area contributed by atoms with Gasteiger partial charge in [0.2, 0.25) is 0 Å². The Balaban J connectivity index is 1.39. The van der Waals surface area contributed by atoms with Crippen molar-refractivity contribution in [2.75, 3.05) is 36.4 Å². The number of ether oxygens (including phenoxy) is 1. The first-order valence-electron chi connectivity index (χ1n) is 10.0. The first-order valence-corrected chi connectivity index (χ1v) is 10.0. The minimum Gasteiger partial charge on any atom is -0.369 e. The van der Waals surface area contributed by atoms with Crippen molar-refractivity contribution >= 4 is 11.4 Å². The van der Waals surface area contributed by atoms with Crippen LogP contribution < -0.4 is 16.0 Å². The Kier molecular flexibility index (Phi) is 5.99. The summed E-state index contributed by atoms with van der Waals surface area (Å²) >= 11 is 0. The van der Waals surface area contributed by atoms with E-state index in [1.165, 1.54) is 0 Å². The number of nitrogens with zero attached hydrogens (tertiary/aromatic N) is 2. The van der Waals surface area contributed by atoms with Crippen LogP contribution in [0.15, 0.2) is 42.5 Å². The fourth-order valence-electron chi connectivity index (χ4n) is 3.90. The van der Waals surface area contributed by atoms with Crippen molar-refractivity contribution in [2.45, 2.75) is 31.4 Å². The summed E-state index contributed by atoms with van der Waals surface area (Å²) < 4.78 is 83.8. The summed E-state index contributed by atoms with van der Waals surface area (Å²) in [5.41, 5.74) is 4.89. The maximum absolute atomic E-state index is 13.0. The van der Waals surface area contributed by atoms with E-state index < -0.39 is 35.9 Å². The third-order valence-corrected chi connectivity index (χ3v) is 5.59. The number of halogens is 6. The molecule has 0 radical (unpaired) electrons. The van der Waals surface area contributed by atoms with Gasteiger partial charge in [0, 0.05) is 44.1 Å². The lowest BCUT2D eigenvalue weighted by atomic mass is 10.1. The molecule has 2 saturated heterocycles. The van der Waals surface area contributed by atoms with Gasteiger partial charge in [-0.25, -0.2) is 0 Å². The minimum absolute atomic E-state index is 0.106. The molecule has 32 heavy (non-hydrogen) atoms. The van der Waals surface area contributed by atoms with Gasteiger partial charge in [-0.15, -0.1) is 0 Å². The number of rotatable bonds is 5. The normalized spacial score (nSPS) is 22.2. The molecular weight excluding hydrogens is 438 g/mol. The van der Waals surface area contributed by atoms with Crippen LogP contribution in [0, 0.1) is 0 Å². The topological polar surface area (TPSA) is 57.1 Å². The maximum Gasteiger partial charge on any atom is 0.416 e. The van der Waals surface area contributed by atoms with Gasteiger partial charge in [-0.1, -0.05) is 18.2 Å². The molecule has 2 heterocycles. The number of nitrogens with two attached hydrogens (primary N) is 1. The predicted molar refractivity (Wildman–Crippen MR) is 107 cm³/mol. The Labute approximate surface area is 180 Å². The van der Waals surface area contributed by atoms with Crippen molar-refractivity contribution in [3.63, 3.8) is 0 Å². The first kappa shape index (κ1) is 22.7. The molecule has 2 aromatic rings. The monoisotopic (exact) mass is 460 g/mol. The molecule has 0 aliphatic carbocycles. The van der Waals surface area contributed by atoms with Gasteiger partial charge in [-0.3, -0.25) is 4.90 Å². The van der Waals surface area contributed by atoms with E-state index in [0.29, 0.717) is 44.9 Å². The number of hydrogen-bond acceptors (Lipinski definition) is 5. The predicted octanol–water partition coefficient (Wildman–Crippen LogP) is 4.10. The van der Waals surface area contributed by atoms with E-state index in [1.807, 2.05) is 29.2 Å². The van der Waals surface area contributed by atoms with Gasteiger partial charge in [0.1, 0.15) is 0 Å². The number of para-hydroxylation sites is 1. The van der Waals surface area contributed by atoms with Crippen LogP contribution in [0.3, 0.4) is 0 Å². The summed E-state index contributed by atoms with van der Waals surface area (Å²) in [6.45, 7) is 3.10. The maximum atomic E-state index is 13.0. The summed E-state index contributed by atoms with van der Waals surface area (Å²) in [6.07, 6.45) is -10.9. The minimum atomic E-state index is -4.89. The number of piperazine rings is 1. The Hall–Kier alpha value is -2.50. The molecule has 4 rings (SSSR count). The van der Waals surface area contributed by atoms with Crippen LogP contribution in [0.1, 0.15) is 16.7 Å². The zero-order chi connectivity index (χ0) is 23.1. The molecule has 0 spiro atoms. The zero-order valence-electron chi connectivity index (χ0n) is 16.9. The molecule has 0 saturated carbocycles. The van der Waals surface area contributed by atoms with Crippen LogP contribution in [-0.2, 0) is 23.6 Å². The van der Waals surface area contributed by atoms with Crippen LogP contribution in [0.25, 0.3) is 0 Å². The summed E-state index contributed by atoms with van der Waals surface area (Å²) in [7, 11) is 0. The second-order valence-electron chi connectivity index (χ2n) is 7.74. The van der Waals surface area contributed by atoms with E-state index in [-0.39, 0.29) is 11.8 Å². The fraction of sp³-hybridized carbons (Fsp3) is 0.429. The molecule has 2 aliphatic rings. The molecule has 174 valence electrons. The summed E-state index contributed by atoms with van der Waals surface area (Å²) in [6, 6.07) is 9.26. The molecule has 3 N–H and O–H groups in total. The van der Waals surface area contributed by atoms with Gasteiger partial charge in [-0.2, -0.15) is 26.3 Å². The van der Waals surface area contributed by atoms with Gasteiger partial charge < -0.3 is 20.7 Å². The highest BCUT2D eigenvalue weighted by molar-refractivity contribution is 5.54. The van der Waals surface area contributed by atoms with Gasteiger partial charge in [0.15, 0.2) is 12.5 Å². The molecular formula is C21H22F6N4O. The summed E-state index contributed by atoms with van der Waals surface area (Å²) in [5.74, 6) is 0. The third-order valence-electron chi connectivity index (χ3n) is 5.59. The molecule has 5 nitrogen and oxygen atoms in total. The number of hydrogen-bond donors (Lipinski definition) is 2. The van der Waals surface area contributed by atoms with Crippen LogP contribution >= 0.6 is 0 Å². The van der Waals surface area contributed by atoms with Crippen molar-refractivity contribution in [1.82, 2.24) is 4.90 Å². The number of benzene rings is 2. The molecule has 2 atom stereocenters. The number of alkyl halides is 6. The van der Waals surface area contributed by atoms with E-state index >= 15 is 0 Å². The van der Waals surface area contributed by atoms with Crippen molar-refractivity contribution in [2.24, 2.45) is 5.73 Å². The van der Waals surface area contributed by atoms with E-state index in [9.17, 15) is 26.3 Å². The molecule has 0 bridgehead atoms. The number of nitrogens with one attached hydrogen (secondary N) is 1. The van der Waals surface area contributed by atoms with Gasteiger partial charge in [0.05, 0.1) is 11.1 Å². The average Bonchev–Trinajstić information content (AvgIpc) is 3.51. The second-order valence-corrected chi connectivity index (χ2v) is 7.74. The van der Waals surface area contributed by atoms with Crippen molar-refractivity contribution in [1.29, 1.82) is 0 Å². The Bertz CT molecular complexity index is 924. The van der Waals surface area contributed by atoms with Crippen LogP contribution in [-0.4, -0.2) is 43.5 Å². The van der Waals surface area contributed by atoms with Gasteiger partial charge in [0.25, 0.3) is 0 Å². The molecule has 2 aliphatic heterocycles. The standard InChI is InChI=1S/C21H22F6N4O/c22-20(23,24)14-9-15(21(25,26)27)11-16(10-14)29-18-19(32-18)31-7-5-30(6-8-31)17-4-2-1-3-13(17)12-28/h1-4,9-11,18-19,29H,5-8,12,28H2. The smallest absolute Gasteiger partial charge is 0.369 e. The molecule has 2 fully saturated rings. The number of anilines is 2. The lowest BCUT2D eigenvalue weighted by molar-refractivity contribution is -0.143. The van der Waals surface area contributed by atoms with Crippen molar-refractivity contribution < 1.29 is 31.1 Å². The molecule has 0 aromatic heterocycles. The fourth-order valence-corrected chi connectivity index (χ4v) is 3.90. The lowest BCUT2D eigenvalue weighted by Crippen LogP contribution is -2.48. The molecule has 11 heteroatoms. The summed E-state index contributed by atoms with van der Waals surface area (Å²) in [5, 5.41) is 2.66. The van der Waals surface area contributed by atoms with E-state index in [2.05, 4.69) is 10.2 Å². The van der Waals surface area contributed by atoms with Crippen LogP contribution in [0.4, 0.5) is 37.7 Å². The molecule has 2 unspecified atom stereocenters. The number of epoxide rings is 1. The van der Waals surface area contributed by atoms with E-state index in [1.54, 1.807) is 0 Å². The third kappa shape index (κ3) is 4.94. The first-order chi connectivity index (χ1) is 15.1. The quantitative estimate of drug-likeness (QED) is 0.520. The molecule has 2 aromatic carbocycles. The van der Waals surface area contributed by atoms with Crippen LogP contribution in [0.5, 0.6) is 0 Å². The second kappa shape index (κ2) is 8.45. The highest BCUT2D eigenvalue weighted by Gasteiger charge is 2.45. The van der Waals surface area contributed by atoms with Gasteiger partial charge >= 0.3 is 12.4 Å². The SMILES string of the molecule is NCc1ccccc1N1CCN(C2OC2Nc2cc(C(F)(F)F)cc(C(F)(F)F)c2)CC1. The highest BCUT2D eigenvalue weighted by atomic mass is 19.4.